The summed E-state index contributed by atoms with van der Waals surface area (Å²) in [5, 5.41) is 0. The van der Waals surface area contributed by atoms with Crippen LogP contribution in [0.4, 0.5) is 0 Å². The predicted molar refractivity (Wildman–Crippen MR) is 62.5 cm³/mol. The minimum atomic E-state index is 0.179. The number of carbonyl (C=O) groups excluding carboxylic acids is 1. The summed E-state index contributed by atoms with van der Waals surface area (Å²) >= 11 is 0. The van der Waals surface area contributed by atoms with E-state index in [2.05, 4.69) is 26.0 Å². The molecule has 0 saturated heterocycles. The van der Waals surface area contributed by atoms with E-state index >= 15 is 0 Å². The first kappa shape index (κ1) is 10.4. The molecule has 1 aliphatic rings. The standard InChI is InChI=1S/C14H18O/c1-8(2)11-6-5-9(3)13-12(11)7-10(4)14(13)15/h5-6,8,10H,7H2,1-4H3. The van der Waals surface area contributed by atoms with Crippen LogP contribution in [0.2, 0.25) is 0 Å². The van der Waals surface area contributed by atoms with Crippen LogP contribution in [0, 0.1) is 12.8 Å². The lowest BCUT2D eigenvalue weighted by atomic mass is 9.92. The number of rotatable bonds is 1. The molecule has 0 spiro atoms. The second kappa shape index (κ2) is 3.48. The van der Waals surface area contributed by atoms with E-state index in [1.807, 2.05) is 13.8 Å². The Morgan fingerprint density at radius 3 is 2.60 bits per heavy atom. The van der Waals surface area contributed by atoms with Gasteiger partial charge in [0.25, 0.3) is 0 Å². The van der Waals surface area contributed by atoms with E-state index in [-0.39, 0.29) is 5.92 Å². The molecule has 0 fully saturated rings. The van der Waals surface area contributed by atoms with Crippen LogP contribution < -0.4 is 0 Å². The fourth-order valence-electron chi connectivity index (χ4n) is 2.53. The summed E-state index contributed by atoms with van der Waals surface area (Å²) < 4.78 is 0. The molecule has 1 heteroatoms. The van der Waals surface area contributed by atoms with E-state index in [1.54, 1.807) is 0 Å². The van der Waals surface area contributed by atoms with Gasteiger partial charge in [-0.15, -0.1) is 0 Å². The van der Waals surface area contributed by atoms with Gasteiger partial charge in [0, 0.05) is 11.5 Å². The van der Waals surface area contributed by atoms with Crippen LogP contribution in [0.1, 0.15) is 53.7 Å². The monoisotopic (exact) mass is 202 g/mol. The fraction of sp³-hybridized carbons (Fsp3) is 0.500. The molecule has 0 aliphatic heterocycles. The van der Waals surface area contributed by atoms with Gasteiger partial charge >= 0.3 is 0 Å². The summed E-state index contributed by atoms with van der Waals surface area (Å²) in [5.74, 6) is 1.03. The SMILES string of the molecule is Cc1ccc(C(C)C)c2c1C(=O)C(C)C2. The highest BCUT2D eigenvalue weighted by Crippen LogP contribution is 2.34. The smallest absolute Gasteiger partial charge is 0.166 e. The normalized spacial score (nSPS) is 19.8. The molecule has 0 aromatic heterocycles. The Morgan fingerprint density at radius 1 is 1.33 bits per heavy atom. The van der Waals surface area contributed by atoms with Crippen molar-refractivity contribution in [3.8, 4) is 0 Å². The van der Waals surface area contributed by atoms with Gasteiger partial charge in [0.1, 0.15) is 0 Å². The third-order valence-electron chi connectivity index (χ3n) is 3.38. The Labute approximate surface area is 91.5 Å². The number of carbonyl (C=O) groups is 1. The summed E-state index contributed by atoms with van der Waals surface area (Å²) in [5.41, 5.74) is 4.81. The Morgan fingerprint density at radius 2 is 2.00 bits per heavy atom. The highest BCUT2D eigenvalue weighted by atomic mass is 16.1. The van der Waals surface area contributed by atoms with Crippen LogP contribution in [0.15, 0.2) is 12.1 Å². The third kappa shape index (κ3) is 1.50. The van der Waals surface area contributed by atoms with Crippen molar-refractivity contribution in [2.75, 3.05) is 0 Å². The number of fused-ring (bicyclic) bond motifs is 1. The maximum atomic E-state index is 12.0. The molecule has 1 unspecified atom stereocenters. The van der Waals surface area contributed by atoms with Crippen LogP contribution in [0.25, 0.3) is 0 Å². The second-order valence-corrected chi connectivity index (χ2v) is 4.95. The molecule has 0 heterocycles. The van der Waals surface area contributed by atoms with Crippen molar-refractivity contribution < 1.29 is 4.79 Å². The lowest BCUT2D eigenvalue weighted by Crippen LogP contribution is -2.04. The molecular formula is C14H18O. The molecule has 0 bridgehead atoms. The first-order valence-electron chi connectivity index (χ1n) is 5.69. The van der Waals surface area contributed by atoms with Gasteiger partial charge in [-0.2, -0.15) is 0 Å². The lowest BCUT2D eigenvalue weighted by molar-refractivity contribution is 0.0946. The van der Waals surface area contributed by atoms with Gasteiger partial charge < -0.3 is 0 Å². The lowest BCUT2D eigenvalue weighted by Gasteiger charge is -2.12. The Bertz CT molecular complexity index is 416. The molecule has 1 nitrogen and oxygen atoms in total. The maximum absolute atomic E-state index is 12.0. The van der Waals surface area contributed by atoms with E-state index in [4.69, 9.17) is 0 Å². The van der Waals surface area contributed by atoms with Crippen LogP contribution in [0.3, 0.4) is 0 Å². The van der Waals surface area contributed by atoms with Crippen LogP contribution in [-0.4, -0.2) is 5.78 Å². The minimum Gasteiger partial charge on any atom is -0.294 e. The molecule has 0 N–H and O–H groups in total. The molecule has 15 heavy (non-hydrogen) atoms. The maximum Gasteiger partial charge on any atom is 0.166 e. The van der Waals surface area contributed by atoms with Crippen molar-refractivity contribution in [1.29, 1.82) is 0 Å². The number of hydrogen-bond acceptors (Lipinski definition) is 1. The molecule has 1 atom stereocenters. The fourth-order valence-corrected chi connectivity index (χ4v) is 2.53. The topological polar surface area (TPSA) is 17.1 Å². The van der Waals surface area contributed by atoms with E-state index in [0.29, 0.717) is 11.7 Å². The van der Waals surface area contributed by atoms with Gasteiger partial charge in [0.15, 0.2) is 5.78 Å². The van der Waals surface area contributed by atoms with Gasteiger partial charge in [-0.1, -0.05) is 32.9 Å². The van der Waals surface area contributed by atoms with Crippen LogP contribution in [-0.2, 0) is 6.42 Å². The Balaban J connectivity index is 2.64. The molecule has 1 aromatic rings. The van der Waals surface area contributed by atoms with Gasteiger partial charge in [-0.25, -0.2) is 0 Å². The summed E-state index contributed by atoms with van der Waals surface area (Å²) in [7, 11) is 0. The van der Waals surface area contributed by atoms with Crippen molar-refractivity contribution in [1.82, 2.24) is 0 Å². The summed E-state index contributed by atoms with van der Waals surface area (Å²) in [6.07, 6.45) is 0.934. The Hall–Kier alpha value is -1.11. The average molecular weight is 202 g/mol. The number of benzene rings is 1. The molecule has 2 rings (SSSR count). The predicted octanol–water partition coefficient (Wildman–Crippen LogP) is 3.49. The van der Waals surface area contributed by atoms with Gasteiger partial charge in [-0.05, 0) is 36.0 Å². The van der Waals surface area contributed by atoms with E-state index < -0.39 is 0 Å². The highest BCUT2D eigenvalue weighted by molar-refractivity contribution is 6.03. The van der Waals surface area contributed by atoms with Crippen molar-refractivity contribution >= 4 is 5.78 Å². The number of hydrogen-bond donors (Lipinski definition) is 0. The summed E-state index contributed by atoms with van der Waals surface area (Å²) in [6.45, 7) is 8.46. The highest BCUT2D eigenvalue weighted by Gasteiger charge is 2.30. The van der Waals surface area contributed by atoms with Gasteiger partial charge in [-0.3, -0.25) is 4.79 Å². The van der Waals surface area contributed by atoms with Crippen molar-refractivity contribution in [3.05, 3.63) is 34.4 Å². The van der Waals surface area contributed by atoms with Crippen molar-refractivity contribution in [3.63, 3.8) is 0 Å². The first-order chi connectivity index (χ1) is 7.02. The Kier molecular flexibility index (Phi) is 2.41. The quantitative estimate of drug-likeness (QED) is 0.681. The number of aryl methyl sites for hydroxylation is 1. The molecule has 0 amide bonds. The molecular weight excluding hydrogens is 184 g/mol. The first-order valence-corrected chi connectivity index (χ1v) is 5.69. The minimum absolute atomic E-state index is 0.179. The average Bonchev–Trinajstić information content (AvgIpc) is 2.44. The zero-order chi connectivity index (χ0) is 11.2. The largest absolute Gasteiger partial charge is 0.294 e. The van der Waals surface area contributed by atoms with Crippen molar-refractivity contribution in [2.45, 2.75) is 40.0 Å². The molecule has 0 radical (unpaired) electrons. The van der Waals surface area contributed by atoms with Crippen LogP contribution in [0.5, 0.6) is 0 Å². The van der Waals surface area contributed by atoms with E-state index in [1.165, 1.54) is 11.1 Å². The summed E-state index contributed by atoms with van der Waals surface area (Å²) in [6, 6.07) is 4.27. The summed E-state index contributed by atoms with van der Waals surface area (Å²) in [4.78, 5) is 12.0. The molecule has 1 aromatic carbocycles. The zero-order valence-electron chi connectivity index (χ0n) is 9.92. The molecule has 80 valence electrons. The second-order valence-electron chi connectivity index (χ2n) is 4.95. The van der Waals surface area contributed by atoms with Gasteiger partial charge in [0.2, 0.25) is 0 Å². The number of Topliss-reactive ketones (excluding diaryl/α,β-unsaturated/α-hetero) is 1. The van der Waals surface area contributed by atoms with E-state index in [9.17, 15) is 4.79 Å². The van der Waals surface area contributed by atoms with E-state index in [0.717, 1.165) is 17.5 Å². The zero-order valence-corrected chi connectivity index (χ0v) is 9.92. The third-order valence-corrected chi connectivity index (χ3v) is 3.38. The molecule has 0 saturated carbocycles. The molecule has 1 aliphatic carbocycles. The van der Waals surface area contributed by atoms with Gasteiger partial charge in [0.05, 0.1) is 0 Å². The van der Waals surface area contributed by atoms with Crippen LogP contribution >= 0.6 is 0 Å². The number of ketones is 1. The van der Waals surface area contributed by atoms with Crippen molar-refractivity contribution in [2.24, 2.45) is 5.92 Å².